The maximum absolute atomic E-state index is 12.4. The van der Waals surface area contributed by atoms with Gasteiger partial charge in [-0.2, -0.15) is 0 Å². The van der Waals surface area contributed by atoms with Crippen LogP contribution in [0.1, 0.15) is 59.1 Å². The van der Waals surface area contributed by atoms with E-state index in [1.54, 1.807) is 6.92 Å². The quantitative estimate of drug-likeness (QED) is 0.0968. The number of hydrogen-bond acceptors (Lipinski definition) is 7. The van der Waals surface area contributed by atoms with E-state index in [4.69, 9.17) is 14.2 Å². The average Bonchev–Trinajstić information content (AvgIpc) is 3.20. The SMILES string of the molecule is CCOC(=O)CNC(=O)NCc1ccccc1-c1ccc(C2OC(CN(Cc3ccccc3)Cc3ccccc3)CC(c3ccc(CO)cc3)O2)cc1. The van der Waals surface area contributed by atoms with Gasteiger partial charge in [-0.3, -0.25) is 9.69 Å². The summed E-state index contributed by atoms with van der Waals surface area (Å²) in [7, 11) is 0. The molecule has 3 unspecified atom stereocenters. The molecule has 0 aliphatic carbocycles. The Morgan fingerprint density at radius 3 is 2.00 bits per heavy atom. The molecule has 5 aromatic carbocycles. The van der Waals surface area contributed by atoms with Crippen LogP contribution in [0.2, 0.25) is 0 Å². The van der Waals surface area contributed by atoms with E-state index >= 15 is 0 Å². The van der Waals surface area contributed by atoms with E-state index in [2.05, 4.69) is 64.1 Å². The summed E-state index contributed by atoms with van der Waals surface area (Å²) in [5.74, 6) is -0.483. The summed E-state index contributed by atoms with van der Waals surface area (Å²) >= 11 is 0. The highest BCUT2D eigenvalue weighted by atomic mass is 16.7. The van der Waals surface area contributed by atoms with Crippen molar-refractivity contribution in [3.63, 3.8) is 0 Å². The van der Waals surface area contributed by atoms with Crippen LogP contribution in [0.5, 0.6) is 0 Å². The predicted octanol–water partition coefficient (Wildman–Crippen LogP) is 7.46. The first-order chi connectivity index (χ1) is 26.0. The molecule has 3 N–H and O–H groups in total. The topological polar surface area (TPSA) is 109 Å². The maximum atomic E-state index is 12.4. The van der Waals surface area contributed by atoms with E-state index in [0.29, 0.717) is 13.0 Å². The molecule has 5 aromatic rings. The first-order valence-corrected chi connectivity index (χ1v) is 18.1. The van der Waals surface area contributed by atoms with Gasteiger partial charge in [-0.25, -0.2) is 4.79 Å². The van der Waals surface area contributed by atoms with Crippen LogP contribution in [0.15, 0.2) is 133 Å². The first kappa shape index (κ1) is 37.4. The van der Waals surface area contributed by atoms with Crippen molar-refractivity contribution in [3.05, 3.63) is 167 Å². The van der Waals surface area contributed by atoms with Crippen molar-refractivity contribution in [1.29, 1.82) is 0 Å². The number of benzene rings is 5. The summed E-state index contributed by atoms with van der Waals surface area (Å²) in [6.07, 6.45) is -0.241. The van der Waals surface area contributed by atoms with Gasteiger partial charge in [0.2, 0.25) is 0 Å². The Morgan fingerprint density at radius 1 is 0.736 bits per heavy atom. The monoisotopic (exact) mass is 713 g/mol. The standard InChI is InChI=1S/C44H47N3O6/c1-2-51-42(49)27-46-44(50)45-26-38-15-9-10-16-40(38)35-21-23-37(24-22-35)43-52-39(25-41(53-43)36-19-17-34(31-48)18-20-36)30-47(28-32-11-5-3-6-12-32)29-33-13-7-4-8-14-33/h3-24,39,41,43,48H,2,25-31H2,1H3,(H2,45,46,50). The van der Waals surface area contributed by atoms with Crippen molar-refractivity contribution in [2.75, 3.05) is 19.7 Å². The zero-order valence-electron chi connectivity index (χ0n) is 30.0. The predicted molar refractivity (Wildman–Crippen MR) is 204 cm³/mol. The number of ether oxygens (including phenoxy) is 3. The molecule has 6 rings (SSSR count). The highest BCUT2D eigenvalue weighted by molar-refractivity contribution is 5.81. The third-order valence-electron chi connectivity index (χ3n) is 9.22. The molecule has 1 heterocycles. The lowest BCUT2D eigenvalue weighted by Crippen LogP contribution is -2.39. The maximum Gasteiger partial charge on any atom is 0.325 e. The highest BCUT2D eigenvalue weighted by Crippen LogP contribution is 2.39. The number of aliphatic hydroxyl groups excluding tert-OH is 1. The Kier molecular flexibility index (Phi) is 13.4. The Hall–Kier alpha value is -5.32. The molecule has 9 heteroatoms. The average molecular weight is 714 g/mol. The summed E-state index contributed by atoms with van der Waals surface area (Å²) in [5, 5.41) is 15.0. The van der Waals surface area contributed by atoms with Crippen LogP contribution in [0.25, 0.3) is 11.1 Å². The van der Waals surface area contributed by atoms with Gasteiger partial charge in [0.25, 0.3) is 0 Å². The number of carbonyl (C=O) groups excluding carboxylic acids is 2. The Balaban J connectivity index is 1.20. The molecular weight excluding hydrogens is 666 g/mol. The number of hydrogen-bond donors (Lipinski definition) is 3. The Labute approximate surface area is 311 Å². The number of carbonyl (C=O) groups is 2. The number of nitrogens with zero attached hydrogens (tertiary/aromatic N) is 1. The summed E-state index contributed by atoms with van der Waals surface area (Å²) < 4.78 is 18.3. The Morgan fingerprint density at radius 2 is 1.36 bits per heavy atom. The molecule has 2 amide bonds. The summed E-state index contributed by atoms with van der Waals surface area (Å²) in [6, 6.07) is 44.6. The zero-order chi connectivity index (χ0) is 36.8. The van der Waals surface area contributed by atoms with Crippen LogP contribution in [-0.2, 0) is 45.2 Å². The molecule has 1 saturated heterocycles. The van der Waals surface area contributed by atoms with Crippen molar-refractivity contribution in [1.82, 2.24) is 15.5 Å². The number of nitrogens with one attached hydrogen (secondary N) is 2. The zero-order valence-corrected chi connectivity index (χ0v) is 30.0. The summed E-state index contributed by atoms with van der Waals surface area (Å²) in [5.41, 5.74) is 8.18. The summed E-state index contributed by atoms with van der Waals surface area (Å²) in [6.45, 7) is 4.33. The molecule has 9 nitrogen and oxygen atoms in total. The van der Waals surface area contributed by atoms with E-state index in [1.807, 2.05) is 84.9 Å². The van der Waals surface area contributed by atoms with Gasteiger partial charge in [-0.05, 0) is 45.9 Å². The Bertz CT molecular complexity index is 1850. The van der Waals surface area contributed by atoms with Gasteiger partial charge in [-0.1, -0.05) is 133 Å². The summed E-state index contributed by atoms with van der Waals surface area (Å²) in [4.78, 5) is 26.4. The van der Waals surface area contributed by atoms with E-state index in [0.717, 1.165) is 46.5 Å². The molecule has 0 bridgehead atoms. The number of urea groups is 1. The molecule has 0 aromatic heterocycles. The second-order valence-corrected chi connectivity index (χ2v) is 13.1. The third kappa shape index (κ3) is 10.8. The molecule has 0 radical (unpaired) electrons. The largest absolute Gasteiger partial charge is 0.465 e. The highest BCUT2D eigenvalue weighted by Gasteiger charge is 2.33. The van der Waals surface area contributed by atoms with Crippen LogP contribution >= 0.6 is 0 Å². The molecule has 0 spiro atoms. The number of rotatable bonds is 15. The van der Waals surface area contributed by atoms with E-state index < -0.39 is 18.3 Å². The second kappa shape index (κ2) is 19.0. The minimum Gasteiger partial charge on any atom is -0.465 e. The number of aliphatic hydroxyl groups is 1. The second-order valence-electron chi connectivity index (χ2n) is 13.1. The van der Waals surface area contributed by atoms with Crippen LogP contribution in [-0.4, -0.2) is 47.8 Å². The fraction of sp³-hybridized carbons (Fsp3) is 0.273. The first-order valence-electron chi connectivity index (χ1n) is 18.1. The van der Waals surface area contributed by atoms with Crippen LogP contribution in [0, 0.1) is 0 Å². The van der Waals surface area contributed by atoms with Gasteiger partial charge >= 0.3 is 12.0 Å². The van der Waals surface area contributed by atoms with Gasteiger partial charge < -0.3 is 30.0 Å². The van der Waals surface area contributed by atoms with Crippen molar-refractivity contribution < 1.29 is 28.9 Å². The van der Waals surface area contributed by atoms with Crippen molar-refractivity contribution in [2.24, 2.45) is 0 Å². The third-order valence-corrected chi connectivity index (χ3v) is 9.22. The molecule has 1 aliphatic heterocycles. The van der Waals surface area contributed by atoms with Gasteiger partial charge in [0.15, 0.2) is 6.29 Å². The lowest BCUT2D eigenvalue weighted by Gasteiger charge is -2.38. The fourth-order valence-corrected chi connectivity index (χ4v) is 6.57. The molecule has 1 fully saturated rings. The number of esters is 1. The van der Waals surface area contributed by atoms with E-state index in [-0.39, 0.29) is 38.5 Å². The van der Waals surface area contributed by atoms with Gasteiger partial charge in [-0.15, -0.1) is 0 Å². The normalized spacial score (nSPS) is 16.9. The van der Waals surface area contributed by atoms with E-state index in [1.165, 1.54) is 11.1 Å². The van der Waals surface area contributed by atoms with Gasteiger partial charge in [0.05, 0.1) is 25.4 Å². The van der Waals surface area contributed by atoms with Crippen LogP contribution in [0.3, 0.4) is 0 Å². The minimum absolute atomic E-state index is 0.0116. The van der Waals surface area contributed by atoms with Crippen LogP contribution in [0.4, 0.5) is 4.79 Å². The lowest BCUT2D eigenvalue weighted by molar-refractivity contribution is -0.253. The van der Waals surface area contributed by atoms with Crippen molar-refractivity contribution in [2.45, 2.75) is 58.1 Å². The molecule has 0 saturated carbocycles. The van der Waals surface area contributed by atoms with E-state index in [9.17, 15) is 14.7 Å². The molecule has 274 valence electrons. The van der Waals surface area contributed by atoms with Crippen molar-refractivity contribution in [3.8, 4) is 11.1 Å². The molecule has 3 atom stereocenters. The lowest BCUT2D eigenvalue weighted by atomic mass is 9.97. The molecule has 53 heavy (non-hydrogen) atoms. The fourth-order valence-electron chi connectivity index (χ4n) is 6.57. The molecular formula is C44H47N3O6. The smallest absolute Gasteiger partial charge is 0.325 e. The minimum atomic E-state index is -0.597. The molecule has 1 aliphatic rings. The van der Waals surface area contributed by atoms with Crippen LogP contribution < -0.4 is 10.6 Å². The van der Waals surface area contributed by atoms with Crippen molar-refractivity contribution >= 4 is 12.0 Å². The number of amides is 2. The van der Waals surface area contributed by atoms with Gasteiger partial charge in [0, 0.05) is 38.2 Å². The van der Waals surface area contributed by atoms with Gasteiger partial charge in [0.1, 0.15) is 6.54 Å².